The molecule has 0 radical (unpaired) electrons. The molecule has 1 saturated heterocycles. The monoisotopic (exact) mass is 513 g/mol. The number of rotatable bonds is 3. The molecule has 10 nitrogen and oxygen atoms in total. The molecule has 0 bridgehead atoms. The standard InChI is InChI=1S/C28H31N7O3/c1-17-12-22-23(33-8-10-34(11-9-33)27(37)38-28(3,4)5)7-6-21(24(22)30-17)26(36)32-20-13-19(14-29)25-31-18(2)15-35(25)16-20/h6-7,12-13,15-16,30H,8-11H2,1-5H3,(H,32,36). The molecule has 1 aromatic carbocycles. The number of hydrogen-bond acceptors (Lipinski definition) is 6. The van der Waals surface area contributed by atoms with Crippen LogP contribution in [0.3, 0.4) is 0 Å². The number of hydrogen-bond donors (Lipinski definition) is 2. The third kappa shape index (κ3) is 4.87. The number of aromatic amines is 1. The van der Waals surface area contributed by atoms with E-state index in [-0.39, 0.29) is 12.0 Å². The summed E-state index contributed by atoms with van der Waals surface area (Å²) in [6.45, 7) is 11.8. The fourth-order valence-electron chi connectivity index (χ4n) is 4.83. The molecule has 0 spiro atoms. The van der Waals surface area contributed by atoms with Crippen molar-refractivity contribution in [3.8, 4) is 6.07 Å². The van der Waals surface area contributed by atoms with Gasteiger partial charge in [0.2, 0.25) is 0 Å². The number of anilines is 2. The topological polar surface area (TPSA) is 119 Å². The van der Waals surface area contributed by atoms with Crippen molar-refractivity contribution >= 4 is 39.9 Å². The van der Waals surface area contributed by atoms with Crippen LogP contribution < -0.4 is 10.2 Å². The second-order valence-electron chi connectivity index (χ2n) is 10.6. The molecule has 1 aliphatic heterocycles. The summed E-state index contributed by atoms with van der Waals surface area (Å²) >= 11 is 0. The quantitative estimate of drug-likeness (QED) is 0.413. The van der Waals surface area contributed by atoms with Gasteiger partial charge in [0, 0.05) is 55.3 Å². The van der Waals surface area contributed by atoms with E-state index in [1.54, 1.807) is 21.6 Å². The average molecular weight is 514 g/mol. The van der Waals surface area contributed by atoms with Crippen molar-refractivity contribution < 1.29 is 14.3 Å². The number of carbonyl (C=O) groups is 2. The average Bonchev–Trinajstić information content (AvgIpc) is 3.43. The van der Waals surface area contributed by atoms with Crippen LogP contribution in [0.15, 0.2) is 36.7 Å². The molecule has 1 aliphatic rings. The van der Waals surface area contributed by atoms with E-state index in [0.717, 1.165) is 28.0 Å². The van der Waals surface area contributed by atoms with E-state index >= 15 is 0 Å². The third-order valence-corrected chi connectivity index (χ3v) is 6.47. The van der Waals surface area contributed by atoms with Gasteiger partial charge in [0.25, 0.3) is 5.91 Å². The molecule has 2 N–H and O–H groups in total. The number of amides is 2. The van der Waals surface area contributed by atoms with E-state index in [0.29, 0.717) is 48.6 Å². The number of carbonyl (C=O) groups excluding carboxylic acids is 2. The van der Waals surface area contributed by atoms with E-state index in [1.807, 2.05) is 59.0 Å². The Labute approximate surface area is 220 Å². The highest BCUT2D eigenvalue weighted by Crippen LogP contribution is 2.32. The molecule has 0 atom stereocenters. The van der Waals surface area contributed by atoms with Gasteiger partial charge in [-0.2, -0.15) is 5.26 Å². The minimum absolute atomic E-state index is 0.279. The zero-order chi connectivity index (χ0) is 27.2. The van der Waals surface area contributed by atoms with Gasteiger partial charge in [-0.25, -0.2) is 9.78 Å². The first-order valence-corrected chi connectivity index (χ1v) is 12.6. The molecule has 1 fully saturated rings. The minimum atomic E-state index is -0.529. The van der Waals surface area contributed by atoms with Crippen LogP contribution in [0.2, 0.25) is 0 Å². The van der Waals surface area contributed by atoms with Crippen LogP contribution in [0.5, 0.6) is 0 Å². The zero-order valence-electron chi connectivity index (χ0n) is 22.3. The highest BCUT2D eigenvalue weighted by atomic mass is 16.6. The van der Waals surface area contributed by atoms with Crippen LogP contribution in [-0.2, 0) is 4.74 Å². The van der Waals surface area contributed by atoms with Crippen LogP contribution in [0, 0.1) is 25.2 Å². The second kappa shape index (κ2) is 9.41. The van der Waals surface area contributed by atoms with Crippen LogP contribution in [0.1, 0.15) is 48.1 Å². The molecule has 38 heavy (non-hydrogen) atoms. The maximum atomic E-state index is 13.4. The lowest BCUT2D eigenvalue weighted by Gasteiger charge is -2.37. The van der Waals surface area contributed by atoms with Gasteiger partial charge in [0.1, 0.15) is 11.7 Å². The molecule has 10 heteroatoms. The first-order valence-electron chi connectivity index (χ1n) is 12.6. The van der Waals surface area contributed by atoms with Gasteiger partial charge >= 0.3 is 6.09 Å². The number of nitrogens with one attached hydrogen (secondary N) is 2. The number of aromatic nitrogens is 3. The van der Waals surface area contributed by atoms with Crippen molar-refractivity contribution in [3.05, 3.63) is 59.2 Å². The summed E-state index contributed by atoms with van der Waals surface area (Å²) < 4.78 is 7.27. The Bertz CT molecular complexity index is 1590. The summed E-state index contributed by atoms with van der Waals surface area (Å²) in [6, 6.07) is 9.60. The van der Waals surface area contributed by atoms with Crippen molar-refractivity contribution in [2.45, 2.75) is 40.2 Å². The number of piperazine rings is 1. The number of pyridine rings is 1. The molecule has 3 aromatic heterocycles. The van der Waals surface area contributed by atoms with E-state index in [4.69, 9.17) is 4.74 Å². The van der Waals surface area contributed by atoms with E-state index in [9.17, 15) is 14.9 Å². The van der Waals surface area contributed by atoms with Crippen molar-refractivity contribution in [3.63, 3.8) is 0 Å². The van der Waals surface area contributed by atoms with Gasteiger partial charge in [0.15, 0.2) is 5.65 Å². The fraction of sp³-hybridized carbons (Fsp3) is 0.357. The van der Waals surface area contributed by atoms with Gasteiger partial charge in [-0.3, -0.25) is 4.79 Å². The lowest BCUT2D eigenvalue weighted by atomic mass is 10.1. The molecule has 0 unspecified atom stereocenters. The second-order valence-corrected chi connectivity index (χ2v) is 10.6. The van der Waals surface area contributed by atoms with E-state index in [1.165, 1.54) is 0 Å². The number of fused-ring (bicyclic) bond motifs is 2. The maximum Gasteiger partial charge on any atom is 0.410 e. The normalized spacial score (nSPS) is 14.1. The van der Waals surface area contributed by atoms with Crippen molar-refractivity contribution in [2.75, 3.05) is 36.4 Å². The smallest absolute Gasteiger partial charge is 0.410 e. The van der Waals surface area contributed by atoms with Crippen molar-refractivity contribution in [1.82, 2.24) is 19.3 Å². The molecule has 196 valence electrons. The van der Waals surface area contributed by atoms with Gasteiger partial charge in [0.05, 0.1) is 28.0 Å². The first-order chi connectivity index (χ1) is 18.0. The molecular weight excluding hydrogens is 482 g/mol. The number of benzene rings is 1. The largest absolute Gasteiger partial charge is 0.444 e. The van der Waals surface area contributed by atoms with Crippen LogP contribution in [0.4, 0.5) is 16.2 Å². The Morgan fingerprint density at radius 3 is 2.53 bits per heavy atom. The third-order valence-electron chi connectivity index (χ3n) is 6.47. The lowest BCUT2D eigenvalue weighted by molar-refractivity contribution is 0.0240. The number of imidazole rings is 1. The summed E-state index contributed by atoms with van der Waals surface area (Å²) in [5, 5.41) is 13.4. The highest BCUT2D eigenvalue weighted by molar-refractivity contribution is 6.14. The molecular formula is C28H31N7O3. The van der Waals surface area contributed by atoms with Gasteiger partial charge in [-0.15, -0.1) is 0 Å². The van der Waals surface area contributed by atoms with E-state index in [2.05, 4.69) is 26.3 Å². The predicted molar refractivity (Wildman–Crippen MR) is 146 cm³/mol. The van der Waals surface area contributed by atoms with Crippen molar-refractivity contribution in [1.29, 1.82) is 5.26 Å². The number of nitriles is 1. The molecule has 0 aliphatic carbocycles. The van der Waals surface area contributed by atoms with Crippen LogP contribution in [-0.4, -0.2) is 63.0 Å². The highest BCUT2D eigenvalue weighted by Gasteiger charge is 2.27. The zero-order valence-corrected chi connectivity index (χ0v) is 22.3. The van der Waals surface area contributed by atoms with Crippen molar-refractivity contribution in [2.24, 2.45) is 0 Å². The molecule has 4 heterocycles. The van der Waals surface area contributed by atoms with Crippen LogP contribution >= 0.6 is 0 Å². The minimum Gasteiger partial charge on any atom is -0.444 e. The molecule has 5 rings (SSSR count). The number of nitrogens with zero attached hydrogens (tertiary/aromatic N) is 5. The molecule has 0 saturated carbocycles. The summed E-state index contributed by atoms with van der Waals surface area (Å²) in [5.41, 5.74) is 4.91. The lowest BCUT2D eigenvalue weighted by Crippen LogP contribution is -2.50. The van der Waals surface area contributed by atoms with Gasteiger partial charge in [-0.05, 0) is 58.9 Å². The summed E-state index contributed by atoms with van der Waals surface area (Å²) in [4.78, 5) is 37.5. The Kier molecular flexibility index (Phi) is 6.23. The summed E-state index contributed by atoms with van der Waals surface area (Å²) in [6.07, 6.45) is 3.27. The summed E-state index contributed by atoms with van der Waals surface area (Å²) in [5.74, 6) is -0.279. The number of ether oxygens (including phenoxy) is 1. The first kappa shape index (κ1) is 25.1. The van der Waals surface area contributed by atoms with Gasteiger partial charge in [-0.1, -0.05) is 0 Å². The SMILES string of the molecule is Cc1cn2cc(NC(=O)c3ccc(N4CCN(C(=O)OC(C)(C)C)CC4)c4cc(C)[nH]c34)cc(C#N)c2n1. The maximum absolute atomic E-state index is 13.4. The Morgan fingerprint density at radius 2 is 1.84 bits per heavy atom. The predicted octanol–water partition coefficient (Wildman–Crippen LogP) is 4.61. The van der Waals surface area contributed by atoms with Gasteiger partial charge < -0.3 is 29.2 Å². The Morgan fingerprint density at radius 1 is 1.11 bits per heavy atom. The fourth-order valence-corrected chi connectivity index (χ4v) is 4.83. The number of H-pyrrole nitrogens is 1. The molecule has 4 aromatic rings. The summed E-state index contributed by atoms with van der Waals surface area (Å²) in [7, 11) is 0. The molecule has 2 amide bonds. The Balaban J connectivity index is 1.38. The number of aryl methyl sites for hydroxylation is 2. The Hall–Kier alpha value is -4.52. The van der Waals surface area contributed by atoms with Crippen LogP contribution in [0.25, 0.3) is 16.6 Å². The van der Waals surface area contributed by atoms with E-state index < -0.39 is 5.60 Å².